The second kappa shape index (κ2) is 9.74. The number of hydrogen-bond acceptors (Lipinski definition) is 4. The molecule has 2 rings (SSSR count). The van der Waals surface area contributed by atoms with Crippen LogP contribution in [0.25, 0.3) is 5.76 Å². The number of ether oxygens (including phenoxy) is 2. The maximum absolute atomic E-state index is 12.1. The van der Waals surface area contributed by atoms with Crippen molar-refractivity contribution in [1.29, 1.82) is 0 Å². The summed E-state index contributed by atoms with van der Waals surface area (Å²) in [7, 11) is 0. The van der Waals surface area contributed by atoms with Gasteiger partial charge < -0.3 is 9.47 Å². The highest BCUT2D eigenvalue weighted by molar-refractivity contribution is 5.86. The molecule has 0 bridgehead atoms. The van der Waals surface area contributed by atoms with Crippen molar-refractivity contribution in [1.82, 2.24) is 0 Å². The molecule has 0 spiro atoms. The molecule has 0 unspecified atom stereocenters. The van der Waals surface area contributed by atoms with Crippen LogP contribution in [-0.2, 0) is 14.3 Å². The molecule has 0 amide bonds. The van der Waals surface area contributed by atoms with E-state index in [-0.39, 0.29) is 17.6 Å². The van der Waals surface area contributed by atoms with Crippen molar-refractivity contribution in [3.05, 3.63) is 77.7 Å². The fraction of sp³-hybridized carbons (Fsp3) is 0.227. The minimum Gasteiger partial charge on any atom is -0.426 e. The summed E-state index contributed by atoms with van der Waals surface area (Å²) in [5, 5.41) is 0. The molecule has 0 N–H and O–H groups in total. The van der Waals surface area contributed by atoms with Crippen LogP contribution >= 0.6 is 0 Å². The van der Waals surface area contributed by atoms with Crippen molar-refractivity contribution < 1.29 is 19.1 Å². The Labute approximate surface area is 152 Å². The second-order valence-electron chi connectivity index (χ2n) is 5.56. The standard InChI is InChI=1S/C22H18O4/c1-3-5-6-7-12-20(26-21(23)4-2)17-13-15-19(16-14-17)25-22(24)18-10-8-9-11-18/h4,13-16,18H,1-2,8-11H2. The van der Waals surface area contributed by atoms with E-state index in [0.717, 1.165) is 31.8 Å². The first-order chi connectivity index (χ1) is 12.6. The van der Waals surface area contributed by atoms with Gasteiger partial charge in [0, 0.05) is 11.6 Å². The minimum atomic E-state index is -0.630. The van der Waals surface area contributed by atoms with E-state index in [1.165, 1.54) is 0 Å². The van der Waals surface area contributed by atoms with Gasteiger partial charge in [-0.1, -0.05) is 25.2 Å². The molecule has 0 radical (unpaired) electrons. The van der Waals surface area contributed by atoms with Gasteiger partial charge in [-0.05, 0) is 66.6 Å². The molecule has 0 atom stereocenters. The maximum atomic E-state index is 12.1. The number of benzene rings is 1. The first-order valence-electron chi connectivity index (χ1n) is 8.20. The smallest absolute Gasteiger partial charge is 0.336 e. The summed E-state index contributed by atoms with van der Waals surface area (Å²) < 4.78 is 10.5. The van der Waals surface area contributed by atoms with E-state index in [4.69, 9.17) is 9.47 Å². The second-order valence-corrected chi connectivity index (χ2v) is 5.56. The molecule has 130 valence electrons. The Hall–Kier alpha value is -3.46. The van der Waals surface area contributed by atoms with Crippen molar-refractivity contribution in [3.8, 4) is 5.75 Å². The number of carbonyl (C=O) groups is 2. The van der Waals surface area contributed by atoms with Crippen LogP contribution in [0.15, 0.2) is 72.2 Å². The molecule has 1 aromatic rings. The lowest BCUT2D eigenvalue weighted by Gasteiger charge is -2.10. The fourth-order valence-corrected chi connectivity index (χ4v) is 2.50. The minimum absolute atomic E-state index is 0.0172. The van der Waals surface area contributed by atoms with Crippen LogP contribution in [0.1, 0.15) is 31.2 Å². The van der Waals surface area contributed by atoms with E-state index in [9.17, 15) is 9.59 Å². The van der Waals surface area contributed by atoms with Gasteiger partial charge >= 0.3 is 11.9 Å². The highest BCUT2D eigenvalue weighted by Crippen LogP contribution is 2.27. The average molecular weight is 346 g/mol. The van der Waals surface area contributed by atoms with Crippen LogP contribution in [0.4, 0.5) is 0 Å². The van der Waals surface area contributed by atoms with Crippen LogP contribution in [-0.4, -0.2) is 11.9 Å². The monoisotopic (exact) mass is 346 g/mol. The average Bonchev–Trinajstić information content (AvgIpc) is 3.19. The normalized spacial score (nSPS) is 12.5. The predicted octanol–water partition coefficient (Wildman–Crippen LogP) is 4.26. The van der Waals surface area contributed by atoms with Gasteiger partial charge in [-0.25, -0.2) is 4.79 Å². The maximum Gasteiger partial charge on any atom is 0.336 e. The van der Waals surface area contributed by atoms with Gasteiger partial charge in [0.05, 0.1) is 5.92 Å². The third-order valence-corrected chi connectivity index (χ3v) is 3.78. The zero-order valence-electron chi connectivity index (χ0n) is 14.3. The van der Waals surface area contributed by atoms with Gasteiger partial charge in [-0.15, -0.1) is 0 Å². The number of rotatable bonds is 5. The Balaban J connectivity index is 2.23. The Morgan fingerprint density at radius 1 is 1.08 bits per heavy atom. The first-order valence-corrected chi connectivity index (χ1v) is 8.20. The van der Waals surface area contributed by atoms with Crippen LogP contribution in [0.2, 0.25) is 0 Å². The van der Waals surface area contributed by atoms with E-state index >= 15 is 0 Å². The fourth-order valence-electron chi connectivity index (χ4n) is 2.50. The van der Waals surface area contributed by atoms with E-state index in [2.05, 4.69) is 41.8 Å². The molecule has 26 heavy (non-hydrogen) atoms. The van der Waals surface area contributed by atoms with Crippen molar-refractivity contribution >= 4 is 17.7 Å². The van der Waals surface area contributed by atoms with Gasteiger partial charge in [0.1, 0.15) is 5.75 Å². The first kappa shape index (κ1) is 18.9. The van der Waals surface area contributed by atoms with Crippen LogP contribution < -0.4 is 4.74 Å². The zero-order valence-corrected chi connectivity index (χ0v) is 14.3. The van der Waals surface area contributed by atoms with E-state index in [1.54, 1.807) is 24.3 Å². The van der Waals surface area contributed by atoms with Gasteiger partial charge in [-0.2, -0.15) is 0 Å². The van der Waals surface area contributed by atoms with Crippen LogP contribution in [0.5, 0.6) is 5.75 Å². The van der Waals surface area contributed by atoms with Crippen LogP contribution in [0, 0.1) is 5.92 Å². The topological polar surface area (TPSA) is 52.6 Å². The lowest BCUT2D eigenvalue weighted by molar-refractivity contribution is -0.138. The summed E-state index contributed by atoms with van der Waals surface area (Å²) in [5.74, 6) is -0.282. The third kappa shape index (κ3) is 5.56. The largest absolute Gasteiger partial charge is 0.426 e. The van der Waals surface area contributed by atoms with Gasteiger partial charge in [-0.3, -0.25) is 4.79 Å². The molecular formula is C22H18O4. The Kier molecular flexibility index (Phi) is 7.07. The predicted molar refractivity (Wildman–Crippen MR) is 96.9 cm³/mol. The van der Waals surface area contributed by atoms with E-state index < -0.39 is 5.97 Å². The molecule has 4 nitrogen and oxygen atoms in total. The van der Waals surface area contributed by atoms with E-state index in [1.807, 2.05) is 0 Å². The molecule has 1 aliphatic carbocycles. The molecular weight excluding hydrogens is 328 g/mol. The Bertz CT molecular complexity index is 884. The third-order valence-electron chi connectivity index (χ3n) is 3.78. The van der Waals surface area contributed by atoms with Gasteiger partial charge in [0.25, 0.3) is 0 Å². The number of esters is 2. The Morgan fingerprint density at radius 2 is 1.77 bits per heavy atom. The number of hydrogen-bond donors (Lipinski definition) is 0. The summed E-state index contributed by atoms with van der Waals surface area (Å²) in [4.78, 5) is 23.6. The highest BCUT2D eigenvalue weighted by atomic mass is 16.5. The molecule has 1 aliphatic rings. The summed E-state index contributed by atoms with van der Waals surface area (Å²) in [5.41, 5.74) is 13.1. The number of carbonyl (C=O) groups excluding carboxylic acids is 2. The SMILES string of the molecule is C=C=C=C=C=C=C(OC(=O)C=C)c1ccc(OC(=O)C2CCCC2)cc1. The molecule has 4 heteroatoms. The molecule has 1 saturated carbocycles. The van der Waals surface area contributed by atoms with Crippen molar-refractivity contribution in [2.75, 3.05) is 0 Å². The molecule has 0 saturated heterocycles. The van der Waals surface area contributed by atoms with Gasteiger partial charge in [0.15, 0.2) is 5.76 Å². The summed E-state index contributed by atoms with van der Waals surface area (Å²) in [6.45, 7) is 6.71. The molecule has 1 aromatic carbocycles. The zero-order chi connectivity index (χ0) is 18.8. The van der Waals surface area contributed by atoms with E-state index in [0.29, 0.717) is 11.3 Å². The quantitative estimate of drug-likeness (QED) is 0.263. The van der Waals surface area contributed by atoms with Crippen molar-refractivity contribution in [2.45, 2.75) is 25.7 Å². The molecule has 0 aliphatic heterocycles. The van der Waals surface area contributed by atoms with Crippen LogP contribution in [0.3, 0.4) is 0 Å². The summed E-state index contributed by atoms with van der Waals surface area (Å²) in [6.07, 6.45) is 4.94. The molecule has 0 aromatic heterocycles. The molecule has 1 fully saturated rings. The summed E-state index contributed by atoms with van der Waals surface area (Å²) >= 11 is 0. The lowest BCUT2D eigenvalue weighted by Crippen LogP contribution is -2.17. The Morgan fingerprint density at radius 3 is 2.38 bits per heavy atom. The van der Waals surface area contributed by atoms with Crippen molar-refractivity contribution in [3.63, 3.8) is 0 Å². The van der Waals surface area contributed by atoms with Gasteiger partial charge in [0.2, 0.25) is 0 Å². The lowest BCUT2D eigenvalue weighted by atomic mass is 10.1. The van der Waals surface area contributed by atoms with Crippen molar-refractivity contribution in [2.24, 2.45) is 5.92 Å². The highest BCUT2D eigenvalue weighted by Gasteiger charge is 2.24. The summed E-state index contributed by atoms with van der Waals surface area (Å²) in [6, 6.07) is 6.58. The molecule has 0 heterocycles.